The van der Waals surface area contributed by atoms with Gasteiger partial charge in [-0.3, -0.25) is 4.68 Å². The summed E-state index contributed by atoms with van der Waals surface area (Å²) in [4.78, 5) is 0. The lowest BCUT2D eigenvalue weighted by Gasteiger charge is -2.19. The smallest absolute Gasteiger partial charge is 0.125 e. The van der Waals surface area contributed by atoms with E-state index in [2.05, 4.69) is 10.4 Å². The number of nitrogens with one attached hydrogen (secondary N) is 1. The molecule has 0 fully saturated rings. The second-order valence-corrected chi connectivity index (χ2v) is 4.77. The minimum atomic E-state index is -0.342. The summed E-state index contributed by atoms with van der Waals surface area (Å²) in [5, 5.41) is 7.80. The number of benzene rings is 1. The van der Waals surface area contributed by atoms with Gasteiger partial charge in [0, 0.05) is 24.8 Å². The molecule has 0 radical (unpaired) electrons. The molecule has 6 heteroatoms. The van der Waals surface area contributed by atoms with Crippen molar-refractivity contribution >= 4 is 17.3 Å². The van der Waals surface area contributed by atoms with Gasteiger partial charge < -0.3 is 11.1 Å². The average molecular weight is 283 g/mol. The van der Waals surface area contributed by atoms with Crippen LogP contribution in [0.15, 0.2) is 24.4 Å². The van der Waals surface area contributed by atoms with E-state index in [-0.39, 0.29) is 11.9 Å². The number of aromatic nitrogens is 2. The molecule has 0 bridgehead atoms. The molecule has 1 atom stereocenters. The molecule has 102 valence electrons. The number of nitrogens with two attached hydrogens (primary N) is 1. The zero-order valence-electron chi connectivity index (χ0n) is 10.8. The fourth-order valence-corrected chi connectivity index (χ4v) is 2.09. The minimum absolute atomic E-state index is 0.159. The molecule has 0 amide bonds. The molecule has 19 heavy (non-hydrogen) atoms. The van der Waals surface area contributed by atoms with Crippen molar-refractivity contribution in [1.29, 1.82) is 0 Å². The van der Waals surface area contributed by atoms with Crippen LogP contribution in [0.2, 0.25) is 5.02 Å². The Morgan fingerprint density at radius 1 is 1.53 bits per heavy atom. The fraction of sp³-hybridized carbons (Fsp3) is 0.308. The van der Waals surface area contributed by atoms with E-state index in [1.165, 1.54) is 18.2 Å². The van der Waals surface area contributed by atoms with E-state index >= 15 is 0 Å². The normalized spacial score (nSPS) is 12.5. The van der Waals surface area contributed by atoms with Crippen LogP contribution in [-0.4, -0.2) is 16.3 Å². The van der Waals surface area contributed by atoms with Crippen molar-refractivity contribution in [3.8, 4) is 0 Å². The number of hydrogen-bond donors (Lipinski definition) is 2. The van der Waals surface area contributed by atoms with E-state index in [0.717, 1.165) is 11.3 Å². The minimum Gasteiger partial charge on any atom is -0.376 e. The maximum Gasteiger partial charge on any atom is 0.125 e. The standard InChI is InChI=1S/C13H16ClFN4/c1-8-10(7-17-19(8)2)13(6-16)18-12-5-9(15)3-4-11(12)14/h3-5,7,13,18H,6,16H2,1-2H3. The van der Waals surface area contributed by atoms with Gasteiger partial charge >= 0.3 is 0 Å². The Kier molecular flexibility index (Phi) is 4.07. The summed E-state index contributed by atoms with van der Waals surface area (Å²) in [6, 6.07) is 4.04. The van der Waals surface area contributed by atoms with Crippen molar-refractivity contribution in [2.45, 2.75) is 13.0 Å². The third kappa shape index (κ3) is 2.88. The third-order valence-corrected chi connectivity index (χ3v) is 3.47. The summed E-state index contributed by atoms with van der Waals surface area (Å²) in [5.74, 6) is -0.342. The summed E-state index contributed by atoms with van der Waals surface area (Å²) in [7, 11) is 1.86. The van der Waals surface area contributed by atoms with Crippen LogP contribution in [0.4, 0.5) is 10.1 Å². The first-order valence-corrected chi connectivity index (χ1v) is 6.31. The molecular weight excluding hydrogens is 267 g/mol. The summed E-state index contributed by atoms with van der Waals surface area (Å²) in [5.41, 5.74) is 8.30. The summed E-state index contributed by atoms with van der Waals surface area (Å²) >= 11 is 6.04. The van der Waals surface area contributed by atoms with E-state index < -0.39 is 0 Å². The number of halogens is 2. The first kappa shape index (κ1) is 13.8. The topological polar surface area (TPSA) is 55.9 Å². The molecule has 0 spiro atoms. The predicted octanol–water partition coefficient (Wildman–Crippen LogP) is 2.63. The second-order valence-electron chi connectivity index (χ2n) is 4.37. The van der Waals surface area contributed by atoms with Crippen molar-refractivity contribution in [1.82, 2.24) is 9.78 Å². The lowest BCUT2D eigenvalue weighted by atomic mass is 10.1. The van der Waals surface area contributed by atoms with Crippen molar-refractivity contribution in [2.75, 3.05) is 11.9 Å². The van der Waals surface area contributed by atoms with Crippen LogP contribution in [0.3, 0.4) is 0 Å². The number of hydrogen-bond acceptors (Lipinski definition) is 3. The van der Waals surface area contributed by atoms with Gasteiger partial charge in [-0.15, -0.1) is 0 Å². The van der Waals surface area contributed by atoms with Crippen LogP contribution < -0.4 is 11.1 Å². The second kappa shape index (κ2) is 5.59. The summed E-state index contributed by atoms with van der Waals surface area (Å²) < 4.78 is 15.0. The molecule has 1 heterocycles. The van der Waals surface area contributed by atoms with Gasteiger partial charge in [-0.25, -0.2) is 4.39 Å². The Morgan fingerprint density at radius 2 is 2.26 bits per heavy atom. The van der Waals surface area contributed by atoms with Crippen molar-refractivity contribution < 1.29 is 4.39 Å². The highest BCUT2D eigenvalue weighted by Crippen LogP contribution is 2.27. The van der Waals surface area contributed by atoms with Crippen LogP contribution in [0.5, 0.6) is 0 Å². The van der Waals surface area contributed by atoms with E-state index in [1.807, 2.05) is 14.0 Å². The molecule has 0 aliphatic carbocycles. The van der Waals surface area contributed by atoms with Crippen LogP contribution in [-0.2, 0) is 7.05 Å². The molecule has 4 nitrogen and oxygen atoms in total. The average Bonchev–Trinajstić information content (AvgIpc) is 2.71. The van der Waals surface area contributed by atoms with Crippen LogP contribution in [0.1, 0.15) is 17.3 Å². The Hall–Kier alpha value is -1.59. The van der Waals surface area contributed by atoms with E-state index in [1.54, 1.807) is 10.9 Å². The zero-order valence-corrected chi connectivity index (χ0v) is 11.6. The predicted molar refractivity (Wildman–Crippen MR) is 74.8 cm³/mol. The molecule has 3 N–H and O–H groups in total. The zero-order chi connectivity index (χ0) is 14.0. The molecule has 0 saturated heterocycles. The fourth-order valence-electron chi connectivity index (χ4n) is 1.92. The van der Waals surface area contributed by atoms with Gasteiger partial charge in [-0.05, 0) is 25.1 Å². The van der Waals surface area contributed by atoms with Gasteiger partial charge in [0.05, 0.1) is 22.9 Å². The highest BCUT2D eigenvalue weighted by Gasteiger charge is 2.16. The first-order chi connectivity index (χ1) is 9.02. The maximum absolute atomic E-state index is 13.2. The molecule has 2 aromatic rings. The lowest BCUT2D eigenvalue weighted by molar-refractivity contribution is 0.627. The molecule has 1 aromatic heterocycles. The van der Waals surface area contributed by atoms with Gasteiger partial charge in [0.2, 0.25) is 0 Å². The number of aryl methyl sites for hydroxylation is 1. The molecule has 1 aromatic carbocycles. The van der Waals surface area contributed by atoms with Crippen LogP contribution >= 0.6 is 11.6 Å². The molecule has 0 aliphatic heterocycles. The van der Waals surface area contributed by atoms with Crippen molar-refractivity contribution in [3.05, 3.63) is 46.5 Å². The highest BCUT2D eigenvalue weighted by molar-refractivity contribution is 6.33. The van der Waals surface area contributed by atoms with Crippen LogP contribution in [0.25, 0.3) is 0 Å². The molecule has 0 aliphatic rings. The molecule has 2 rings (SSSR count). The SMILES string of the molecule is Cc1c(C(CN)Nc2cc(F)ccc2Cl)cnn1C. The summed E-state index contributed by atoms with van der Waals surface area (Å²) in [6.45, 7) is 2.32. The lowest BCUT2D eigenvalue weighted by Crippen LogP contribution is -2.21. The summed E-state index contributed by atoms with van der Waals surface area (Å²) in [6.07, 6.45) is 1.76. The Balaban J connectivity index is 2.29. The maximum atomic E-state index is 13.2. The van der Waals surface area contributed by atoms with Gasteiger partial charge in [-0.2, -0.15) is 5.10 Å². The Labute approximate surface area is 116 Å². The number of anilines is 1. The van der Waals surface area contributed by atoms with Gasteiger partial charge in [0.25, 0.3) is 0 Å². The van der Waals surface area contributed by atoms with Crippen molar-refractivity contribution in [3.63, 3.8) is 0 Å². The van der Waals surface area contributed by atoms with Crippen LogP contribution in [0, 0.1) is 12.7 Å². The van der Waals surface area contributed by atoms with Gasteiger partial charge in [-0.1, -0.05) is 11.6 Å². The number of rotatable bonds is 4. The largest absolute Gasteiger partial charge is 0.376 e. The van der Waals surface area contributed by atoms with E-state index in [4.69, 9.17) is 17.3 Å². The molecular formula is C13H16ClFN4. The molecule has 0 saturated carbocycles. The highest BCUT2D eigenvalue weighted by atomic mass is 35.5. The van der Waals surface area contributed by atoms with Crippen molar-refractivity contribution in [2.24, 2.45) is 12.8 Å². The number of nitrogens with zero attached hydrogens (tertiary/aromatic N) is 2. The quantitative estimate of drug-likeness (QED) is 0.906. The third-order valence-electron chi connectivity index (χ3n) is 3.14. The Morgan fingerprint density at radius 3 is 2.84 bits per heavy atom. The Bertz CT molecular complexity index is 582. The van der Waals surface area contributed by atoms with E-state index in [9.17, 15) is 4.39 Å². The monoisotopic (exact) mass is 282 g/mol. The first-order valence-electron chi connectivity index (χ1n) is 5.93. The molecule has 1 unspecified atom stereocenters. The van der Waals surface area contributed by atoms with E-state index in [0.29, 0.717) is 17.3 Å². The van der Waals surface area contributed by atoms with Gasteiger partial charge in [0.15, 0.2) is 0 Å². The van der Waals surface area contributed by atoms with Gasteiger partial charge in [0.1, 0.15) is 5.82 Å².